The molecule has 2 aliphatic heterocycles. The summed E-state index contributed by atoms with van der Waals surface area (Å²) < 4.78 is 0. The summed E-state index contributed by atoms with van der Waals surface area (Å²) in [6.07, 6.45) is 2.37. The predicted molar refractivity (Wildman–Crippen MR) is 62.9 cm³/mol. The maximum absolute atomic E-state index is 5.94. The summed E-state index contributed by atoms with van der Waals surface area (Å²) in [7, 11) is 2.20. The van der Waals surface area contributed by atoms with E-state index in [1.165, 1.54) is 12.8 Å². The number of rotatable bonds is 1. The molecule has 0 bridgehead atoms. The first-order chi connectivity index (χ1) is 7.09. The number of aliphatic imine (C=N–C) groups is 1. The molecule has 2 unspecified atom stereocenters. The third-order valence-electron chi connectivity index (χ3n) is 4.06. The second-order valence-electron chi connectivity index (χ2n) is 4.93. The van der Waals surface area contributed by atoms with Gasteiger partial charge in [-0.3, -0.25) is 4.99 Å². The first-order valence-corrected chi connectivity index (χ1v) is 5.87. The van der Waals surface area contributed by atoms with Crippen LogP contribution in [0.4, 0.5) is 0 Å². The topological polar surface area (TPSA) is 44.9 Å². The fraction of sp³-hybridized carbons (Fsp3) is 0.909. The van der Waals surface area contributed by atoms with Crippen molar-refractivity contribution in [1.29, 1.82) is 0 Å². The molecule has 0 aliphatic carbocycles. The molecule has 1 saturated heterocycles. The monoisotopic (exact) mass is 210 g/mol. The lowest BCUT2D eigenvalue weighted by molar-refractivity contribution is 0.0658. The van der Waals surface area contributed by atoms with Crippen molar-refractivity contribution < 1.29 is 0 Å². The Morgan fingerprint density at radius 1 is 1.60 bits per heavy atom. The molecule has 2 N–H and O–H groups in total. The van der Waals surface area contributed by atoms with Crippen LogP contribution in [0.1, 0.15) is 26.7 Å². The summed E-state index contributed by atoms with van der Waals surface area (Å²) >= 11 is 0. The van der Waals surface area contributed by atoms with E-state index in [4.69, 9.17) is 5.73 Å². The highest BCUT2D eigenvalue weighted by molar-refractivity contribution is 5.81. The van der Waals surface area contributed by atoms with Crippen LogP contribution in [0.5, 0.6) is 0 Å². The average molecular weight is 210 g/mol. The van der Waals surface area contributed by atoms with E-state index in [1.807, 2.05) is 0 Å². The molecule has 0 saturated carbocycles. The van der Waals surface area contributed by atoms with Crippen molar-refractivity contribution in [2.24, 2.45) is 10.7 Å². The molecule has 2 aliphatic rings. The van der Waals surface area contributed by atoms with Gasteiger partial charge in [-0.15, -0.1) is 0 Å². The Balaban J connectivity index is 2.15. The zero-order valence-electron chi connectivity index (χ0n) is 10.0. The lowest BCUT2D eigenvalue weighted by Gasteiger charge is -2.47. The van der Waals surface area contributed by atoms with Crippen LogP contribution < -0.4 is 5.73 Å². The molecule has 0 aromatic heterocycles. The van der Waals surface area contributed by atoms with Gasteiger partial charge in [0.1, 0.15) is 0 Å². The van der Waals surface area contributed by atoms with Crippen molar-refractivity contribution in [3.8, 4) is 0 Å². The molecule has 86 valence electrons. The smallest absolute Gasteiger partial charge is 0.191 e. The average Bonchev–Trinajstić information content (AvgIpc) is 2.50. The number of piperidine rings is 1. The minimum atomic E-state index is 0.227. The molecule has 1 fully saturated rings. The first-order valence-electron chi connectivity index (χ1n) is 5.87. The molecule has 0 aromatic rings. The zero-order valence-corrected chi connectivity index (χ0v) is 10.0. The molecule has 4 nitrogen and oxygen atoms in total. The van der Waals surface area contributed by atoms with Crippen molar-refractivity contribution in [3.05, 3.63) is 0 Å². The summed E-state index contributed by atoms with van der Waals surface area (Å²) in [5.41, 5.74) is 6.16. The van der Waals surface area contributed by atoms with Crippen molar-refractivity contribution in [3.63, 3.8) is 0 Å². The molecule has 1 spiro atoms. The van der Waals surface area contributed by atoms with Gasteiger partial charge < -0.3 is 15.5 Å². The molecule has 2 heterocycles. The fourth-order valence-electron chi connectivity index (χ4n) is 2.94. The van der Waals surface area contributed by atoms with Gasteiger partial charge in [-0.2, -0.15) is 0 Å². The van der Waals surface area contributed by atoms with Crippen LogP contribution in [0.3, 0.4) is 0 Å². The summed E-state index contributed by atoms with van der Waals surface area (Å²) in [5.74, 6) is 0.745. The third-order valence-corrected chi connectivity index (χ3v) is 4.06. The summed E-state index contributed by atoms with van der Waals surface area (Å²) in [5, 5.41) is 0. The summed E-state index contributed by atoms with van der Waals surface area (Å²) in [6.45, 7) is 7.48. The highest BCUT2D eigenvalue weighted by atomic mass is 15.4. The first kappa shape index (κ1) is 10.7. The molecule has 4 heteroatoms. The minimum absolute atomic E-state index is 0.227. The number of likely N-dealkylation sites (N-methyl/N-ethyl adjacent to an activating group) is 1. The number of guanidine groups is 1. The van der Waals surface area contributed by atoms with Crippen molar-refractivity contribution in [2.75, 3.05) is 26.7 Å². The van der Waals surface area contributed by atoms with Gasteiger partial charge >= 0.3 is 0 Å². The van der Waals surface area contributed by atoms with E-state index >= 15 is 0 Å². The van der Waals surface area contributed by atoms with E-state index < -0.39 is 0 Å². The maximum Gasteiger partial charge on any atom is 0.191 e. The molecular weight excluding hydrogens is 188 g/mol. The van der Waals surface area contributed by atoms with Crippen molar-refractivity contribution in [2.45, 2.75) is 38.3 Å². The van der Waals surface area contributed by atoms with Crippen molar-refractivity contribution >= 4 is 5.96 Å². The quantitative estimate of drug-likeness (QED) is 0.685. The van der Waals surface area contributed by atoms with Crippen LogP contribution in [-0.2, 0) is 0 Å². The van der Waals surface area contributed by atoms with E-state index in [0.717, 1.165) is 25.6 Å². The largest absolute Gasteiger partial charge is 0.370 e. The molecule has 0 aromatic carbocycles. The molecule has 0 amide bonds. The number of likely N-dealkylation sites (tertiary alicyclic amines) is 1. The van der Waals surface area contributed by atoms with Crippen molar-refractivity contribution in [1.82, 2.24) is 9.80 Å². The van der Waals surface area contributed by atoms with E-state index in [-0.39, 0.29) is 5.54 Å². The Bertz CT molecular complexity index is 276. The van der Waals surface area contributed by atoms with Crippen LogP contribution >= 0.6 is 0 Å². The van der Waals surface area contributed by atoms with Gasteiger partial charge in [0.05, 0.1) is 12.1 Å². The molecule has 15 heavy (non-hydrogen) atoms. The highest BCUT2D eigenvalue weighted by Crippen LogP contribution is 2.34. The van der Waals surface area contributed by atoms with Gasteiger partial charge in [-0.25, -0.2) is 0 Å². The summed E-state index contributed by atoms with van der Waals surface area (Å²) in [4.78, 5) is 9.15. The molecule has 0 radical (unpaired) electrons. The number of nitrogens with zero attached hydrogens (tertiary/aromatic N) is 3. The standard InChI is InChI=1S/C11H22N4/c1-4-15-10(12)13-8-11(15)5-6-14(3)9(2)7-11/h9H,4-8H2,1-3H3,(H2,12,13). The van der Waals surface area contributed by atoms with Crippen LogP contribution in [-0.4, -0.2) is 54.0 Å². The van der Waals surface area contributed by atoms with Gasteiger partial charge in [-0.1, -0.05) is 0 Å². The second-order valence-corrected chi connectivity index (χ2v) is 4.93. The third kappa shape index (κ3) is 1.61. The van der Waals surface area contributed by atoms with E-state index in [1.54, 1.807) is 0 Å². The molecule has 2 atom stereocenters. The fourth-order valence-corrected chi connectivity index (χ4v) is 2.94. The Morgan fingerprint density at radius 2 is 2.33 bits per heavy atom. The SMILES string of the molecule is CCN1C(N)=NCC12CCN(C)C(C)C2. The molecule has 2 rings (SSSR count). The number of hydrogen-bond donors (Lipinski definition) is 1. The Morgan fingerprint density at radius 3 is 2.93 bits per heavy atom. The lowest BCUT2D eigenvalue weighted by Crippen LogP contribution is -2.58. The van der Waals surface area contributed by atoms with Crippen LogP contribution in [0.15, 0.2) is 4.99 Å². The Labute approximate surface area is 92.1 Å². The number of nitrogens with two attached hydrogens (primary N) is 1. The highest BCUT2D eigenvalue weighted by Gasteiger charge is 2.45. The Kier molecular flexibility index (Phi) is 2.63. The minimum Gasteiger partial charge on any atom is -0.370 e. The van der Waals surface area contributed by atoms with Crippen LogP contribution in [0.2, 0.25) is 0 Å². The zero-order chi connectivity index (χ0) is 11.1. The normalized spacial score (nSPS) is 37.4. The van der Waals surface area contributed by atoms with Gasteiger partial charge in [0.15, 0.2) is 5.96 Å². The molecular formula is C11H22N4. The predicted octanol–water partition coefficient (Wildman–Crippen LogP) is 0.490. The van der Waals surface area contributed by atoms with E-state index in [2.05, 4.69) is 35.7 Å². The summed E-state index contributed by atoms with van der Waals surface area (Å²) in [6, 6.07) is 0.633. The van der Waals surface area contributed by atoms with Gasteiger partial charge in [0, 0.05) is 19.1 Å². The van der Waals surface area contributed by atoms with E-state index in [9.17, 15) is 0 Å². The lowest BCUT2D eigenvalue weighted by atomic mass is 9.83. The van der Waals surface area contributed by atoms with Crippen LogP contribution in [0, 0.1) is 0 Å². The second kappa shape index (κ2) is 3.67. The van der Waals surface area contributed by atoms with E-state index in [0.29, 0.717) is 6.04 Å². The van der Waals surface area contributed by atoms with Gasteiger partial charge in [-0.05, 0) is 33.7 Å². The van der Waals surface area contributed by atoms with Crippen LogP contribution in [0.25, 0.3) is 0 Å². The van der Waals surface area contributed by atoms with Gasteiger partial charge in [0.2, 0.25) is 0 Å². The van der Waals surface area contributed by atoms with Gasteiger partial charge in [0.25, 0.3) is 0 Å². The number of hydrogen-bond acceptors (Lipinski definition) is 4. The maximum atomic E-state index is 5.94. The Hall–Kier alpha value is -0.770.